The van der Waals surface area contributed by atoms with Crippen LogP contribution in [0.2, 0.25) is 0 Å². The monoisotopic (exact) mass is 371 g/mol. The Bertz CT molecular complexity index is 795. The molecule has 2 heterocycles. The first kappa shape index (κ1) is 19.2. The largest absolute Gasteiger partial charge is 0.444 e. The van der Waals surface area contributed by atoms with Crippen LogP contribution in [0.25, 0.3) is 11.0 Å². The zero-order valence-corrected chi connectivity index (χ0v) is 16.6. The van der Waals surface area contributed by atoms with E-state index in [9.17, 15) is 4.79 Å². The molecule has 2 N–H and O–H groups in total. The number of carbonyl (C=O) groups is 1. The van der Waals surface area contributed by atoms with Crippen molar-refractivity contribution in [3.63, 3.8) is 0 Å². The average Bonchev–Trinajstić information content (AvgIpc) is 2.64. The quantitative estimate of drug-likeness (QED) is 0.857. The Balaban J connectivity index is 1.59. The molecular weight excluding hydrogens is 342 g/mol. The van der Waals surface area contributed by atoms with Gasteiger partial charge in [-0.2, -0.15) is 0 Å². The van der Waals surface area contributed by atoms with Crippen molar-refractivity contribution in [2.75, 3.05) is 36.9 Å². The first-order valence-corrected chi connectivity index (χ1v) is 9.52. The fraction of sp³-hybridized carbons (Fsp3) is 0.550. The van der Waals surface area contributed by atoms with Crippen LogP contribution in [0.15, 0.2) is 24.3 Å². The van der Waals surface area contributed by atoms with Gasteiger partial charge in [-0.15, -0.1) is 0 Å². The summed E-state index contributed by atoms with van der Waals surface area (Å²) in [6, 6.07) is 7.91. The molecule has 0 saturated carbocycles. The number of para-hydroxylation sites is 2. The molecule has 0 atom stereocenters. The zero-order valence-electron chi connectivity index (χ0n) is 16.6. The third kappa shape index (κ3) is 4.99. The van der Waals surface area contributed by atoms with Crippen LogP contribution in [-0.4, -0.2) is 48.3 Å². The molecule has 1 aromatic carbocycles. The molecule has 1 aromatic heterocycles. The normalized spacial score (nSPS) is 15.6. The van der Waals surface area contributed by atoms with Crippen LogP contribution < -0.4 is 15.5 Å². The van der Waals surface area contributed by atoms with Gasteiger partial charge in [-0.25, -0.2) is 14.8 Å². The third-order valence-electron chi connectivity index (χ3n) is 4.64. The number of ether oxygens (including phenoxy) is 1. The number of hydrogen-bond acceptors (Lipinski definition) is 6. The second kappa shape index (κ2) is 7.98. The summed E-state index contributed by atoms with van der Waals surface area (Å²) in [6.07, 6.45) is 1.64. The molecule has 7 heteroatoms. The highest BCUT2D eigenvalue weighted by Gasteiger charge is 2.24. The smallest absolute Gasteiger partial charge is 0.407 e. The second-order valence-electron chi connectivity index (χ2n) is 7.95. The molecule has 0 unspecified atom stereocenters. The van der Waals surface area contributed by atoms with Gasteiger partial charge in [0.25, 0.3) is 0 Å². The van der Waals surface area contributed by atoms with Gasteiger partial charge in [0.2, 0.25) is 0 Å². The number of nitrogens with one attached hydrogen (secondary N) is 2. The molecule has 3 rings (SSSR count). The van der Waals surface area contributed by atoms with Gasteiger partial charge in [-0.1, -0.05) is 12.1 Å². The minimum absolute atomic E-state index is 0.345. The summed E-state index contributed by atoms with van der Waals surface area (Å²) < 4.78 is 5.30. The lowest BCUT2D eigenvalue weighted by Crippen LogP contribution is -2.40. The number of benzene rings is 1. The predicted molar refractivity (Wildman–Crippen MR) is 108 cm³/mol. The van der Waals surface area contributed by atoms with Gasteiger partial charge in [0.15, 0.2) is 11.6 Å². The first-order chi connectivity index (χ1) is 12.9. The molecule has 27 heavy (non-hydrogen) atoms. The van der Waals surface area contributed by atoms with Gasteiger partial charge in [0, 0.05) is 26.7 Å². The first-order valence-electron chi connectivity index (χ1n) is 9.52. The maximum Gasteiger partial charge on any atom is 0.407 e. The van der Waals surface area contributed by atoms with Gasteiger partial charge >= 0.3 is 6.09 Å². The van der Waals surface area contributed by atoms with E-state index in [-0.39, 0.29) is 6.09 Å². The predicted octanol–water partition coefficient (Wildman–Crippen LogP) is 3.41. The van der Waals surface area contributed by atoms with E-state index >= 15 is 0 Å². The average molecular weight is 371 g/mol. The standard InChI is InChI=1S/C20H29N5O2/c1-20(2,3)27-19(26)22-13-14-9-11-25(12-10-14)18-17(21-4)23-15-7-5-6-8-16(15)24-18/h5-8,14H,9-13H2,1-4H3,(H,21,23)(H,22,26). The van der Waals surface area contributed by atoms with Gasteiger partial charge < -0.3 is 20.3 Å². The summed E-state index contributed by atoms with van der Waals surface area (Å²) in [4.78, 5) is 23.6. The number of nitrogens with zero attached hydrogens (tertiary/aromatic N) is 3. The van der Waals surface area contributed by atoms with Crippen molar-refractivity contribution in [3.8, 4) is 0 Å². The summed E-state index contributed by atoms with van der Waals surface area (Å²) >= 11 is 0. The number of aromatic nitrogens is 2. The zero-order chi connectivity index (χ0) is 19.4. The maximum atomic E-state index is 11.8. The lowest BCUT2D eigenvalue weighted by molar-refractivity contribution is 0.0517. The van der Waals surface area contributed by atoms with Gasteiger partial charge in [0.05, 0.1) is 11.0 Å². The summed E-state index contributed by atoms with van der Waals surface area (Å²) in [5.41, 5.74) is 1.33. The number of anilines is 2. The van der Waals surface area contributed by atoms with E-state index in [2.05, 4.69) is 15.5 Å². The lowest BCUT2D eigenvalue weighted by Gasteiger charge is -2.33. The van der Waals surface area contributed by atoms with Crippen LogP contribution in [0.5, 0.6) is 0 Å². The van der Waals surface area contributed by atoms with Crippen molar-refractivity contribution in [1.82, 2.24) is 15.3 Å². The summed E-state index contributed by atoms with van der Waals surface area (Å²) in [5.74, 6) is 2.15. The molecule has 1 aliphatic rings. The maximum absolute atomic E-state index is 11.8. The van der Waals surface area contributed by atoms with E-state index in [4.69, 9.17) is 14.7 Å². The fourth-order valence-corrected chi connectivity index (χ4v) is 3.27. The van der Waals surface area contributed by atoms with E-state index < -0.39 is 5.60 Å². The van der Waals surface area contributed by atoms with Crippen LogP contribution >= 0.6 is 0 Å². The molecule has 146 valence electrons. The van der Waals surface area contributed by atoms with Crippen molar-refractivity contribution < 1.29 is 9.53 Å². The number of alkyl carbamates (subject to hydrolysis) is 1. The molecular formula is C20H29N5O2. The Morgan fingerprint density at radius 1 is 1.19 bits per heavy atom. The molecule has 1 fully saturated rings. The van der Waals surface area contributed by atoms with Crippen LogP contribution in [0.3, 0.4) is 0 Å². The van der Waals surface area contributed by atoms with E-state index in [1.807, 2.05) is 52.1 Å². The topological polar surface area (TPSA) is 79.4 Å². The van der Waals surface area contributed by atoms with Crippen molar-refractivity contribution in [2.24, 2.45) is 5.92 Å². The number of piperidine rings is 1. The highest BCUT2D eigenvalue weighted by atomic mass is 16.6. The number of carbonyl (C=O) groups excluding carboxylic acids is 1. The minimum atomic E-state index is -0.467. The van der Waals surface area contributed by atoms with Crippen LogP contribution in [0.1, 0.15) is 33.6 Å². The molecule has 0 spiro atoms. The lowest BCUT2D eigenvalue weighted by atomic mass is 9.97. The van der Waals surface area contributed by atoms with Crippen molar-refractivity contribution in [2.45, 2.75) is 39.2 Å². The molecule has 1 aliphatic heterocycles. The molecule has 0 bridgehead atoms. The van der Waals surface area contributed by atoms with Crippen LogP contribution in [0, 0.1) is 5.92 Å². The van der Waals surface area contributed by atoms with Crippen molar-refractivity contribution in [3.05, 3.63) is 24.3 Å². The Labute approximate surface area is 160 Å². The summed E-state index contributed by atoms with van der Waals surface area (Å²) in [7, 11) is 1.87. The number of fused-ring (bicyclic) bond motifs is 1. The fourth-order valence-electron chi connectivity index (χ4n) is 3.27. The summed E-state index contributed by atoms with van der Waals surface area (Å²) in [6.45, 7) is 8.04. The molecule has 0 radical (unpaired) electrons. The van der Waals surface area contributed by atoms with E-state index in [1.165, 1.54) is 0 Å². The second-order valence-corrected chi connectivity index (χ2v) is 7.95. The van der Waals surface area contributed by atoms with E-state index in [1.54, 1.807) is 0 Å². The highest BCUT2D eigenvalue weighted by molar-refractivity contribution is 5.80. The Kier molecular flexibility index (Phi) is 5.68. The molecule has 1 amide bonds. The van der Waals surface area contributed by atoms with Gasteiger partial charge in [0.1, 0.15) is 5.60 Å². The summed E-state index contributed by atoms with van der Waals surface area (Å²) in [5, 5.41) is 6.06. The minimum Gasteiger partial charge on any atom is -0.444 e. The SMILES string of the molecule is CNc1nc2ccccc2nc1N1CCC(CNC(=O)OC(C)(C)C)CC1. The Hall–Kier alpha value is -2.57. The molecule has 0 aliphatic carbocycles. The molecule has 2 aromatic rings. The van der Waals surface area contributed by atoms with Gasteiger partial charge in [-0.05, 0) is 51.7 Å². The Morgan fingerprint density at radius 2 is 1.81 bits per heavy atom. The van der Waals surface area contributed by atoms with Crippen molar-refractivity contribution in [1.29, 1.82) is 0 Å². The van der Waals surface area contributed by atoms with E-state index in [0.717, 1.165) is 48.6 Å². The molecule has 1 saturated heterocycles. The number of hydrogen-bond donors (Lipinski definition) is 2. The number of rotatable bonds is 4. The highest BCUT2D eigenvalue weighted by Crippen LogP contribution is 2.28. The molecule has 7 nitrogen and oxygen atoms in total. The Morgan fingerprint density at radius 3 is 2.41 bits per heavy atom. The van der Waals surface area contributed by atoms with Crippen LogP contribution in [0.4, 0.5) is 16.4 Å². The van der Waals surface area contributed by atoms with E-state index in [0.29, 0.717) is 12.5 Å². The number of amides is 1. The van der Waals surface area contributed by atoms with Gasteiger partial charge in [-0.3, -0.25) is 0 Å². The van der Waals surface area contributed by atoms with Crippen LogP contribution in [-0.2, 0) is 4.74 Å². The third-order valence-corrected chi connectivity index (χ3v) is 4.64. The van der Waals surface area contributed by atoms with Crippen molar-refractivity contribution >= 4 is 28.8 Å².